The lowest BCUT2D eigenvalue weighted by Crippen LogP contribution is -2.15. The van der Waals surface area contributed by atoms with Crippen molar-refractivity contribution in [3.8, 4) is 5.75 Å². The standard InChI is InChI=1S/C17H18ClNO2/c1-12-9-13(2)11-15(10-12)19-17(20)7-8-21-16-5-3-14(18)4-6-16/h3-6,9-11H,7-8H2,1-2H3,(H,19,20). The van der Waals surface area contributed by atoms with E-state index >= 15 is 0 Å². The molecule has 3 nitrogen and oxygen atoms in total. The van der Waals surface area contributed by atoms with Crippen molar-refractivity contribution >= 4 is 23.2 Å². The molecule has 0 aliphatic carbocycles. The van der Waals surface area contributed by atoms with E-state index in [4.69, 9.17) is 16.3 Å². The van der Waals surface area contributed by atoms with E-state index in [1.54, 1.807) is 24.3 Å². The quantitative estimate of drug-likeness (QED) is 0.891. The summed E-state index contributed by atoms with van der Waals surface area (Å²) in [6.45, 7) is 4.34. The van der Waals surface area contributed by atoms with Crippen molar-refractivity contribution in [1.29, 1.82) is 0 Å². The molecule has 21 heavy (non-hydrogen) atoms. The minimum absolute atomic E-state index is 0.0611. The van der Waals surface area contributed by atoms with E-state index in [0.717, 1.165) is 16.8 Å². The van der Waals surface area contributed by atoms with Crippen LogP contribution in [0.4, 0.5) is 5.69 Å². The van der Waals surface area contributed by atoms with E-state index < -0.39 is 0 Å². The van der Waals surface area contributed by atoms with Crippen LogP contribution in [0.3, 0.4) is 0 Å². The number of hydrogen-bond acceptors (Lipinski definition) is 2. The Kier molecular flexibility index (Phi) is 5.23. The molecule has 0 saturated carbocycles. The Balaban J connectivity index is 1.80. The number of amides is 1. The molecule has 2 aromatic rings. The van der Waals surface area contributed by atoms with Crippen molar-refractivity contribution in [3.63, 3.8) is 0 Å². The predicted molar refractivity (Wildman–Crippen MR) is 86.1 cm³/mol. The molecule has 0 aliphatic heterocycles. The molecule has 0 radical (unpaired) electrons. The molecule has 110 valence electrons. The Morgan fingerprint density at radius 2 is 1.71 bits per heavy atom. The first kappa shape index (κ1) is 15.4. The molecule has 0 unspecified atom stereocenters. The van der Waals surface area contributed by atoms with Crippen LogP contribution >= 0.6 is 11.6 Å². The first-order valence-corrected chi connectivity index (χ1v) is 7.17. The lowest BCUT2D eigenvalue weighted by atomic mass is 10.1. The molecular formula is C17H18ClNO2. The molecule has 0 aliphatic rings. The molecule has 2 aromatic carbocycles. The molecule has 0 spiro atoms. The van der Waals surface area contributed by atoms with Crippen molar-refractivity contribution in [3.05, 3.63) is 58.6 Å². The Labute approximate surface area is 129 Å². The van der Waals surface area contributed by atoms with Gasteiger partial charge in [-0.25, -0.2) is 0 Å². The second kappa shape index (κ2) is 7.14. The first-order valence-electron chi connectivity index (χ1n) is 6.79. The number of anilines is 1. The van der Waals surface area contributed by atoms with Gasteiger partial charge in [0.2, 0.25) is 5.91 Å². The van der Waals surface area contributed by atoms with E-state index in [0.29, 0.717) is 23.8 Å². The van der Waals surface area contributed by atoms with Crippen molar-refractivity contribution in [2.24, 2.45) is 0 Å². The van der Waals surface area contributed by atoms with Crippen LogP contribution in [0.1, 0.15) is 17.5 Å². The molecule has 1 N–H and O–H groups in total. The van der Waals surface area contributed by atoms with Crippen molar-refractivity contribution < 1.29 is 9.53 Å². The number of carbonyl (C=O) groups excluding carboxylic acids is 1. The van der Waals surface area contributed by atoms with Crippen LogP contribution < -0.4 is 10.1 Å². The fourth-order valence-electron chi connectivity index (χ4n) is 2.06. The maximum atomic E-state index is 11.9. The molecule has 0 atom stereocenters. The highest BCUT2D eigenvalue weighted by atomic mass is 35.5. The first-order chi connectivity index (χ1) is 10.0. The van der Waals surface area contributed by atoms with Gasteiger partial charge in [-0.3, -0.25) is 4.79 Å². The minimum atomic E-state index is -0.0611. The summed E-state index contributed by atoms with van der Waals surface area (Å²) >= 11 is 5.79. The van der Waals surface area contributed by atoms with Gasteiger partial charge in [-0.15, -0.1) is 0 Å². The van der Waals surface area contributed by atoms with Crippen LogP contribution in [-0.2, 0) is 4.79 Å². The van der Waals surface area contributed by atoms with Gasteiger partial charge < -0.3 is 10.1 Å². The molecule has 0 saturated heterocycles. The summed E-state index contributed by atoms with van der Waals surface area (Å²) in [6.07, 6.45) is 0.301. The lowest BCUT2D eigenvalue weighted by molar-refractivity contribution is -0.116. The van der Waals surface area contributed by atoms with Gasteiger partial charge in [-0.1, -0.05) is 17.7 Å². The van der Waals surface area contributed by atoms with Gasteiger partial charge in [0.05, 0.1) is 13.0 Å². The van der Waals surface area contributed by atoms with Gasteiger partial charge in [-0.05, 0) is 61.4 Å². The molecule has 2 rings (SSSR count). The number of benzene rings is 2. The maximum absolute atomic E-state index is 11.9. The van der Waals surface area contributed by atoms with Gasteiger partial charge in [0.25, 0.3) is 0 Å². The van der Waals surface area contributed by atoms with Crippen LogP contribution in [0.15, 0.2) is 42.5 Å². The number of rotatable bonds is 5. The number of halogens is 1. The van der Waals surface area contributed by atoms with Crippen LogP contribution in [0.5, 0.6) is 5.75 Å². The van der Waals surface area contributed by atoms with Crippen molar-refractivity contribution in [2.45, 2.75) is 20.3 Å². The average molecular weight is 304 g/mol. The fourth-order valence-corrected chi connectivity index (χ4v) is 2.19. The summed E-state index contributed by atoms with van der Waals surface area (Å²) in [7, 11) is 0. The van der Waals surface area contributed by atoms with Crippen LogP contribution in [-0.4, -0.2) is 12.5 Å². The third kappa shape index (κ3) is 5.12. The van der Waals surface area contributed by atoms with E-state index in [9.17, 15) is 4.79 Å². The number of ether oxygens (including phenoxy) is 1. The molecule has 0 fully saturated rings. The largest absolute Gasteiger partial charge is 0.493 e. The van der Waals surface area contributed by atoms with E-state index in [2.05, 4.69) is 11.4 Å². The SMILES string of the molecule is Cc1cc(C)cc(NC(=O)CCOc2ccc(Cl)cc2)c1. The highest BCUT2D eigenvalue weighted by molar-refractivity contribution is 6.30. The van der Waals surface area contributed by atoms with Crippen LogP contribution in [0.25, 0.3) is 0 Å². The molecule has 0 aromatic heterocycles. The number of carbonyl (C=O) groups is 1. The highest BCUT2D eigenvalue weighted by Gasteiger charge is 2.04. The Hall–Kier alpha value is -2.00. The van der Waals surface area contributed by atoms with Crippen molar-refractivity contribution in [2.75, 3.05) is 11.9 Å². The smallest absolute Gasteiger partial charge is 0.227 e. The van der Waals surface area contributed by atoms with Gasteiger partial charge in [0.1, 0.15) is 5.75 Å². The highest BCUT2D eigenvalue weighted by Crippen LogP contribution is 2.16. The minimum Gasteiger partial charge on any atom is -0.493 e. The predicted octanol–water partition coefficient (Wildman–Crippen LogP) is 4.36. The molecule has 4 heteroatoms. The summed E-state index contributed by atoms with van der Waals surface area (Å²) < 4.78 is 5.50. The van der Waals surface area contributed by atoms with E-state index in [1.165, 1.54) is 0 Å². The molecule has 0 heterocycles. The normalized spacial score (nSPS) is 10.2. The number of nitrogens with one attached hydrogen (secondary N) is 1. The Morgan fingerprint density at radius 3 is 2.33 bits per heavy atom. The fraction of sp³-hybridized carbons (Fsp3) is 0.235. The zero-order valence-electron chi connectivity index (χ0n) is 12.2. The Bertz CT molecular complexity index is 603. The number of hydrogen-bond donors (Lipinski definition) is 1. The zero-order valence-corrected chi connectivity index (χ0v) is 12.9. The third-order valence-corrected chi connectivity index (χ3v) is 3.17. The van der Waals surface area contributed by atoms with Crippen LogP contribution in [0.2, 0.25) is 5.02 Å². The van der Waals surface area contributed by atoms with Gasteiger partial charge >= 0.3 is 0 Å². The third-order valence-electron chi connectivity index (χ3n) is 2.92. The van der Waals surface area contributed by atoms with Gasteiger partial charge in [0.15, 0.2) is 0 Å². The van der Waals surface area contributed by atoms with E-state index in [1.807, 2.05) is 26.0 Å². The lowest BCUT2D eigenvalue weighted by Gasteiger charge is -2.09. The maximum Gasteiger partial charge on any atom is 0.227 e. The van der Waals surface area contributed by atoms with Crippen LogP contribution in [0, 0.1) is 13.8 Å². The summed E-state index contributed by atoms with van der Waals surface area (Å²) in [6, 6.07) is 13.0. The average Bonchev–Trinajstić information content (AvgIpc) is 2.39. The topological polar surface area (TPSA) is 38.3 Å². The van der Waals surface area contributed by atoms with Gasteiger partial charge in [-0.2, -0.15) is 0 Å². The molecule has 0 bridgehead atoms. The molecular weight excluding hydrogens is 286 g/mol. The summed E-state index contributed by atoms with van der Waals surface area (Å²) in [5, 5.41) is 3.54. The van der Waals surface area contributed by atoms with E-state index in [-0.39, 0.29) is 5.91 Å². The molecule has 1 amide bonds. The summed E-state index contributed by atoms with van der Waals surface area (Å²) in [4.78, 5) is 11.9. The monoisotopic (exact) mass is 303 g/mol. The summed E-state index contributed by atoms with van der Waals surface area (Å²) in [5.41, 5.74) is 3.08. The second-order valence-corrected chi connectivity index (χ2v) is 5.41. The van der Waals surface area contributed by atoms with Crippen molar-refractivity contribution in [1.82, 2.24) is 0 Å². The zero-order chi connectivity index (χ0) is 15.2. The summed E-state index contributed by atoms with van der Waals surface area (Å²) in [5.74, 6) is 0.646. The number of aryl methyl sites for hydroxylation is 2. The second-order valence-electron chi connectivity index (χ2n) is 4.98. The Morgan fingerprint density at radius 1 is 1.10 bits per heavy atom. The van der Waals surface area contributed by atoms with Gasteiger partial charge in [0, 0.05) is 10.7 Å².